The summed E-state index contributed by atoms with van der Waals surface area (Å²) in [7, 11) is 0. The maximum Gasteiger partial charge on any atom is 0.305 e. The second-order valence-corrected chi connectivity index (χ2v) is 5.74. The number of nitrogens with one attached hydrogen (secondary N) is 1. The van der Waals surface area contributed by atoms with Gasteiger partial charge in [-0.1, -0.05) is 30.3 Å². The zero-order valence-corrected chi connectivity index (χ0v) is 12.2. The molecule has 0 radical (unpaired) electrons. The second kappa shape index (κ2) is 7.95. The summed E-state index contributed by atoms with van der Waals surface area (Å²) >= 11 is 0. The van der Waals surface area contributed by atoms with Crippen LogP contribution < -0.4 is 5.32 Å². The molecule has 3 heteroatoms. The normalized spacial score (nSPS) is 11.3. The fourth-order valence-corrected chi connectivity index (χ4v) is 1.70. The summed E-state index contributed by atoms with van der Waals surface area (Å²) in [4.78, 5) is 11.5. The molecule has 0 aliphatic heterocycles. The minimum Gasteiger partial charge on any atom is -0.465 e. The molecule has 3 nitrogen and oxygen atoms in total. The third-order valence-corrected chi connectivity index (χ3v) is 2.71. The van der Waals surface area contributed by atoms with Gasteiger partial charge in [-0.3, -0.25) is 4.79 Å². The van der Waals surface area contributed by atoms with E-state index >= 15 is 0 Å². The van der Waals surface area contributed by atoms with Gasteiger partial charge in [0.05, 0.1) is 6.61 Å². The third kappa shape index (κ3) is 8.38. The highest BCUT2D eigenvalue weighted by atomic mass is 16.5. The molecule has 0 amide bonds. The Morgan fingerprint density at radius 3 is 2.53 bits per heavy atom. The van der Waals surface area contributed by atoms with Crippen molar-refractivity contribution in [3.8, 4) is 0 Å². The standard InChI is InChI=1S/C16H25NO2/c1-16(2,3)17-12-7-10-15(18)19-13-11-14-8-5-4-6-9-14/h4-6,8-9,17H,7,10-13H2,1-3H3. The molecule has 1 aromatic rings. The van der Waals surface area contributed by atoms with Crippen LogP contribution in [0.25, 0.3) is 0 Å². The van der Waals surface area contributed by atoms with Gasteiger partial charge >= 0.3 is 5.97 Å². The quantitative estimate of drug-likeness (QED) is 0.607. The van der Waals surface area contributed by atoms with E-state index in [-0.39, 0.29) is 11.5 Å². The molecule has 1 rings (SSSR count). The molecule has 0 atom stereocenters. The van der Waals surface area contributed by atoms with Crippen molar-refractivity contribution in [1.82, 2.24) is 5.32 Å². The lowest BCUT2D eigenvalue weighted by atomic mass is 10.1. The van der Waals surface area contributed by atoms with Gasteiger partial charge in [0.15, 0.2) is 0 Å². The summed E-state index contributed by atoms with van der Waals surface area (Å²) in [5.41, 5.74) is 1.31. The van der Waals surface area contributed by atoms with Crippen LogP contribution in [0.1, 0.15) is 39.2 Å². The monoisotopic (exact) mass is 263 g/mol. The van der Waals surface area contributed by atoms with Gasteiger partial charge in [-0.05, 0) is 39.3 Å². The number of esters is 1. The van der Waals surface area contributed by atoms with E-state index in [1.165, 1.54) is 5.56 Å². The van der Waals surface area contributed by atoms with E-state index in [4.69, 9.17) is 4.74 Å². The van der Waals surface area contributed by atoms with Gasteiger partial charge in [0, 0.05) is 18.4 Å². The van der Waals surface area contributed by atoms with Gasteiger partial charge in [-0.15, -0.1) is 0 Å². The largest absolute Gasteiger partial charge is 0.465 e. The molecule has 106 valence electrons. The first kappa shape index (κ1) is 15.7. The minimum absolute atomic E-state index is 0.105. The Bertz CT molecular complexity index is 368. The molecule has 0 unspecified atom stereocenters. The summed E-state index contributed by atoms with van der Waals surface area (Å²) in [6, 6.07) is 10.1. The van der Waals surface area contributed by atoms with E-state index in [9.17, 15) is 4.79 Å². The molecule has 0 aliphatic carbocycles. The van der Waals surface area contributed by atoms with Crippen LogP contribution in [0.15, 0.2) is 30.3 Å². The van der Waals surface area contributed by atoms with Crippen LogP contribution in [0.4, 0.5) is 0 Å². The zero-order valence-electron chi connectivity index (χ0n) is 12.2. The Hall–Kier alpha value is -1.35. The summed E-state index contributed by atoms with van der Waals surface area (Å²) < 4.78 is 5.21. The molecule has 0 saturated carbocycles. The van der Waals surface area contributed by atoms with E-state index in [0.717, 1.165) is 19.4 Å². The van der Waals surface area contributed by atoms with Crippen molar-refractivity contribution in [3.05, 3.63) is 35.9 Å². The lowest BCUT2D eigenvalue weighted by Gasteiger charge is -2.20. The predicted molar refractivity (Wildman–Crippen MR) is 78.1 cm³/mol. The Kier molecular flexibility index (Phi) is 6.57. The van der Waals surface area contributed by atoms with E-state index in [1.807, 2.05) is 30.3 Å². The topological polar surface area (TPSA) is 38.3 Å². The van der Waals surface area contributed by atoms with Crippen molar-refractivity contribution in [2.24, 2.45) is 0 Å². The van der Waals surface area contributed by atoms with Crippen molar-refractivity contribution < 1.29 is 9.53 Å². The first-order valence-electron chi connectivity index (χ1n) is 6.92. The van der Waals surface area contributed by atoms with Crippen LogP contribution in [-0.4, -0.2) is 24.7 Å². The van der Waals surface area contributed by atoms with Crippen molar-refractivity contribution in [1.29, 1.82) is 0 Å². The Morgan fingerprint density at radius 1 is 1.21 bits per heavy atom. The highest BCUT2D eigenvalue weighted by Gasteiger charge is 2.08. The average molecular weight is 263 g/mol. The highest BCUT2D eigenvalue weighted by molar-refractivity contribution is 5.69. The number of hydrogen-bond donors (Lipinski definition) is 1. The summed E-state index contributed by atoms with van der Waals surface area (Å²) in [6.45, 7) is 7.66. The summed E-state index contributed by atoms with van der Waals surface area (Å²) in [5, 5.41) is 3.35. The number of benzene rings is 1. The van der Waals surface area contributed by atoms with Crippen LogP contribution >= 0.6 is 0 Å². The van der Waals surface area contributed by atoms with Gasteiger partial charge in [-0.25, -0.2) is 0 Å². The van der Waals surface area contributed by atoms with Crippen LogP contribution in [0.2, 0.25) is 0 Å². The predicted octanol–water partition coefficient (Wildman–Crippen LogP) is 2.94. The van der Waals surface area contributed by atoms with Gasteiger partial charge in [0.25, 0.3) is 0 Å². The smallest absolute Gasteiger partial charge is 0.305 e. The van der Waals surface area contributed by atoms with Crippen molar-refractivity contribution in [2.75, 3.05) is 13.2 Å². The molecular weight excluding hydrogens is 238 g/mol. The molecule has 1 N–H and O–H groups in total. The number of carbonyl (C=O) groups is 1. The third-order valence-electron chi connectivity index (χ3n) is 2.71. The van der Waals surface area contributed by atoms with Crippen LogP contribution in [-0.2, 0) is 16.0 Å². The van der Waals surface area contributed by atoms with Gasteiger partial charge in [0.2, 0.25) is 0 Å². The molecule has 0 saturated heterocycles. The molecule has 0 spiro atoms. The van der Waals surface area contributed by atoms with Crippen molar-refractivity contribution in [2.45, 2.75) is 45.6 Å². The lowest BCUT2D eigenvalue weighted by molar-refractivity contribution is -0.143. The van der Waals surface area contributed by atoms with E-state index < -0.39 is 0 Å². The first-order chi connectivity index (χ1) is 8.97. The van der Waals surface area contributed by atoms with Gasteiger partial charge in [0.1, 0.15) is 0 Å². The molecule has 19 heavy (non-hydrogen) atoms. The Morgan fingerprint density at radius 2 is 1.89 bits per heavy atom. The average Bonchev–Trinajstić information content (AvgIpc) is 2.35. The molecule has 0 heterocycles. The highest BCUT2D eigenvalue weighted by Crippen LogP contribution is 2.02. The maximum absolute atomic E-state index is 11.5. The first-order valence-corrected chi connectivity index (χ1v) is 6.92. The van der Waals surface area contributed by atoms with E-state index in [2.05, 4.69) is 26.1 Å². The molecule has 1 aromatic carbocycles. The minimum atomic E-state index is -0.105. The molecule has 0 fully saturated rings. The fourth-order valence-electron chi connectivity index (χ4n) is 1.70. The molecule has 0 aliphatic rings. The molecular formula is C16H25NO2. The Balaban J connectivity index is 2.05. The van der Waals surface area contributed by atoms with Gasteiger partial charge < -0.3 is 10.1 Å². The SMILES string of the molecule is CC(C)(C)NCCCC(=O)OCCc1ccccc1. The fraction of sp³-hybridized carbons (Fsp3) is 0.562. The number of hydrogen-bond acceptors (Lipinski definition) is 3. The number of rotatable bonds is 7. The lowest BCUT2D eigenvalue weighted by Crippen LogP contribution is -2.36. The van der Waals surface area contributed by atoms with Gasteiger partial charge in [-0.2, -0.15) is 0 Å². The van der Waals surface area contributed by atoms with Crippen LogP contribution in [0.5, 0.6) is 0 Å². The molecule has 0 bridgehead atoms. The van der Waals surface area contributed by atoms with Crippen LogP contribution in [0, 0.1) is 0 Å². The number of carbonyl (C=O) groups excluding carboxylic acids is 1. The Labute approximate surface area is 116 Å². The number of ether oxygens (including phenoxy) is 1. The summed E-state index contributed by atoms with van der Waals surface area (Å²) in [6.07, 6.45) is 2.09. The van der Waals surface area contributed by atoms with Crippen molar-refractivity contribution >= 4 is 5.97 Å². The zero-order chi connectivity index (χ0) is 14.1. The van der Waals surface area contributed by atoms with Crippen LogP contribution in [0.3, 0.4) is 0 Å². The molecule has 0 aromatic heterocycles. The summed E-state index contributed by atoms with van der Waals surface area (Å²) in [5.74, 6) is -0.105. The van der Waals surface area contributed by atoms with Crippen molar-refractivity contribution in [3.63, 3.8) is 0 Å². The second-order valence-electron chi connectivity index (χ2n) is 5.74. The maximum atomic E-state index is 11.5. The van der Waals surface area contributed by atoms with E-state index in [1.54, 1.807) is 0 Å². The van der Waals surface area contributed by atoms with E-state index in [0.29, 0.717) is 13.0 Å².